The molecule has 0 aromatic carbocycles. The molecule has 0 aromatic heterocycles. The molecule has 0 unspecified atom stereocenters. The molecular formula is C16H8F30NO4P. The highest BCUT2D eigenvalue weighted by atomic mass is 31.2. The standard InChI is InChI=1S/C16H5F30O4P.H3N/c17-3(18,5(21,22)7(25,26)9(29,30)11(33,34)13(37,38)15(41,42)43)1-49-51(47,48)50-2-4(19,20)6(23,24)8(27,28)10(31,32)12(35,36)14(39,40)16(44,45)46;/h1-2H2,(H,47,48);1H3. The van der Waals surface area contributed by atoms with E-state index in [0.717, 1.165) is 0 Å². The maximum absolute atomic E-state index is 13.6. The van der Waals surface area contributed by atoms with Crippen LogP contribution in [0.15, 0.2) is 0 Å². The Labute approximate surface area is 262 Å². The number of phosphoric acid groups is 1. The second-order valence-electron chi connectivity index (χ2n) is 9.14. The number of halogens is 30. The number of phosphoric ester groups is 1. The lowest BCUT2D eigenvalue weighted by Crippen LogP contribution is -2.73. The third kappa shape index (κ3) is 7.35. The minimum absolute atomic E-state index is 0. The normalized spacial score (nSPS) is 16.6. The molecule has 5 nitrogen and oxygen atoms in total. The zero-order valence-corrected chi connectivity index (χ0v) is 23.7. The van der Waals surface area contributed by atoms with Crippen molar-refractivity contribution in [3.8, 4) is 0 Å². The van der Waals surface area contributed by atoms with Crippen molar-refractivity contribution in [1.29, 1.82) is 0 Å². The van der Waals surface area contributed by atoms with E-state index in [9.17, 15) is 141 Å². The van der Waals surface area contributed by atoms with Gasteiger partial charge in [0.15, 0.2) is 0 Å². The molecule has 0 spiro atoms. The first-order valence-electron chi connectivity index (χ1n) is 10.7. The third-order valence-electron chi connectivity index (χ3n) is 5.59. The van der Waals surface area contributed by atoms with Gasteiger partial charge in [0, 0.05) is 0 Å². The highest BCUT2D eigenvalue weighted by Gasteiger charge is 2.95. The van der Waals surface area contributed by atoms with Crippen molar-refractivity contribution in [3.05, 3.63) is 0 Å². The monoisotopic (exact) mass is 879 g/mol. The number of hydrogen-bond donors (Lipinski definition) is 1. The summed E-state index contributed by atoms with van der Waals surface area (Å²) in [6.45, 7) is -8.99. The smallest absolute Gasteiger partial charge is 0.460 e. The lowest BCUT2D eigenvalue weighted by molar-refractivity contribution is -0.453. The van der Waals surface area contributed by atoms with Gasteiger partial charge in [0.05, 0.1) is 0 Å². The molecule has 316 valence electrons. The summed E-state index contributed by atoms with van der Waals surface area (Å²) in [5.41, 5.74) is 0. The van der Waals surface area contributed by atoms with Crippen molar-refractivity contribution in [1.82, 2.24) is 6.15 Å². The molecule has 52 heavy (non-hydrogen) atoms. The fraction of sp³-hybridized carbons (Fsp3) is 1.00. The highest BCUT2D eigenvalue weighted by molar-refractivity contribution is 7.45. The zero-order valence-electron chi connectivity index (χ0n) is 22.8. The second kappa shape index (κ2) is 13.3. The Morgan fingerprint density at radius 2 is 0.481 bits per heavy atom. The van der Waals surface area contributed by atoms with E-state index in [0.29, 0.717) is 0 Å². The number of alkyl halides is 30. The Hall–Kier alpha value is -2.03. The Balaban J connectivity index is 0. The van der Waals surface area contributed by atoms with E-state index in [4.69, 9.17) is 0 Å². The molecule has 0 saturated heterocycles. The summed E-state index contributed by atoms with van der Waals surface area (Å²) >= 11 is 0. The van der Waals surface area contributed by atoms with Crippen molar-refractivity contribution >= 4 is 7.82 Å². The van der Waals surface area contributed by atoms with E-state index in [2.05, 4.69) is 9.05 Å². The molecule has 0 bridgehead atoms. The second-order valence-corrected chi connectivity index (χ2v) is 10.6. The van der Waals surface area contributed by atoms with Crippen LogP contribution in [0.2, 0.25) is 0 Å². The van der Waals surface area contributed by atoms with Gasteiger partial charge >= 0.3 is 83.4 Å². The average Bonchev–Trinajstić information content (AvgIpc) is 2.88. The predicted octanol–water partition coefficient (Wildman–Crippen LogP) is 9.61. The SMILES string of the molecule is O=P([O-])(OCC(F)(F)C(F)(F)C(F)(F)C(F)(F)C(F)(F)C(F)(F)C(F)(F)F)OCC(F)(F)C(F)(F)C(F)(F)C(F)(F)C(F)(F)C(F)(F)C(F)(F)F.[NH4+]. The van der Waals surface area contributed by atoms with Crippen molar-refractivity contribution in [2.24, 2.45) is 0 Å². The first kappa shape index (κ1) is 52.1. The van der Waals surface area contributed by atoms with E-state index in [1.165, 1.54) is 0 Å². The van der Waals surface area contributed by atoms with Crippen LogP contribution >= 0.6 is 7.82 Å². The molecule has 0 atom stereocenters. The van der Waals surface area contributed by atoms with E-state index < -0.39 is 104 Å². The topological polar surface area (TPSA) is 95.1 Å². The van der Waals surface area contributed by atoms with E-state index in [1.807, 2.05) is 0 Å². The summed E-state index contributed by atoms with van der Waals surface area (Å²) in [6.07, 6.45) is -16.1. The highest BCUT2D eigenvalue weighted by Crippen LogP contribution is 2.64. The molecule has 0 heterocycles. The van der Waals surface area contributed by atoms with E-state index >= 15 is 0 Å². The average molecular weight is 879 g/mol. The van der Waals surface area contributed by atoms with Gasteiger partial charge in [0.2, 0.25) is 0 Å². The number of quaternary nitrogens is 1. The lowest BCUT2D eigenvalue weighted by atomic mass is 9.91. The fourth-order valence-corrected chi connectivity index (χ4v) is 3.25. The van der Waals surface area contributed by atoms with Gasteiger partial charge in [-0.15, -0.1) is 0 Å². The van der Waals surface area contributed by atoms with Crippen LogP contribution in [0.25, 0.3) is 0 Å². The number of hydrogen-bond acceptors (Lipinski definition) is 4. The summed E-state index contributed by atoms with van der Waals surface area (Å²) < 4.78 is 407. The van der Waals surface area contributed by atoms with Crippen molar-refractivity contribution < 1.29 is 150 Å². The van der Waals surface area contributed by atoms with Gasteiger partial charge in [-0.05, 0) is 0 Å². The molecule has 4 N–H and O–H groups in total. The molecule has 0 aliphatic rings. The minimum atomic E-state index is -8.98. The largest absolute Gasteiger partial charge is 0.756 e. The molecule has 0 aliphatic heterocycles. The van der Waals surface area contributed by atoms with Crippen LogP contribution in [0, 0.1) is 0 Å². The molecule has 0 rings (SSSR count). The summed E-state index contributed by atoms with van der Waals surface area (Å²) in [5, 5.41) is 0. The van der Waals surface area contributed by atoms with Gasteiger partial charge in [-0.2, -0.15) is 132 Å². The van der Waals surface area contributed by atoms with Crippen LogP contribution in [-0.2, 0) is 13.6 Å². The quantitative estimate of drug-likeness (QED) is 0.124. The van der Waals surface area contributed by atoms with Crippen LogP contribution in [0.3, 0.4) is 0 Å². The molecule has 0 fully saturated rings. The van der Waals surface area contributed by atoms with E-state index in [1.54, 1.807) is 0 Å². The Kier molecular flexibility index (Phi) is 13.3. The van der Waals surface area contributed by atoms with Crippen molar-refractivity contribution in [3.63, 3.8) is 0 Å². The van der Waals surface area contributed by atoms with Crippen LogP contribution in [0.5, 0.6) is 0 Å². The third-order valence-corrected chi connectivity index (χ3v) is 6.48. The van der Waals surface area contributed by atoms with Gasteiger partial charge < -0.3 is 20.1 Å². The summed E-state index contributed by atoms with van der Waals surface area (Å²) in [4.78, 5) is 11.1. The molecule has 0 saturated carbocycles. The van der Waals surface area contributed by atoms with Gasteiger partial charge in [0.25, 0.3) is 7.82 Å². The Bertz CT molecular complexity index is 1210. The molecule has 0 aliphatic carbocycles. The molecular weight excluding hydrogens is 871 g/mol. The maximum atomic E-state index is 13.6. The van der Waals surface area contributed by atoms with Gasteiger partial charge in [-0.1, -0.05) is 0 Å². The molecule has 0 radical (unpaired) electrons. The van der Waals surface area contributed by atoms with Crippen molar-refractivity contribution in [2.75, 3.05) is 13.2 Å². The summed E-state index contributed by atoms with van der Waals surface area (Å²) in [7, 11) is -7.95. The lowest BCUT2D eigenvalue weighted by Gasteiger charge is -2.42. The minimum Gasteiger partial charge on any atom is -0.756 e. The van der Waals surface area contributed by atoms with Gasteiger partial charge in [-0.3, -0.25) is 4.57 Å². The molecule has 0 aromatic rings. The van der Waals surface area contributed by atoms with Crippen LogP contribution in [0.4, 0.5) is 132 Å². The molecule has 36 heteroatoms. The molecule has 0 amide bonds. The Morgan fingerprint density at radius 3 is 0.654 bits per heavy atom. The number of rotatable bonds is 16. The van der Waals surface area contributed by atoms with Crippen LogP contribution in [0.1, 0.15) is 0 Å². The summed E-state index contributed by atoms with van der Waals surface area (Å²) in [5.74, 6) is -103. The summed E-state index contributed by atoms with van der Waals surface area (Å²) in [6, 6.07) is 0. The first-order valence-corrected chi connectivity index (χ1v) is 12.1. The fourth-order valence-electron chi connectivity index (χ4n) is 2.54. The first-order chi connectivity index (χ1) is 21.4. The van der Waals surface area contributed by atoms with Crippen LogP contribution < -0.4 is 11.0 Å². The zero-order chi connectivity index (χ0) is 42.3. The van der Waals surface area contributed by atoms with Crippen LogP contribution in [-0.4, -0.2) is 96.6 Å². The van der Waals surface area contributed by atoms with Gasteiger partial charge in [0.1, 0.15) is 13.2 Å². The maximum Gasteiger partial charge on any atom is 0.460 e. The Morgan fingerprint density at radius 1 is 0.327 bits per heavy atom. The predicted molar refractivity (Wildman–Crippen MR) is 97.0 cm³/mol. The van der Waals surface area contributed by atoms with E-state index in [-0.39, 0.29) is 6.15 Å². The van der Waals surface area contributed by atoms with Gasteiger partial charge in [-0.25, -0.2) is 0 Å². The van der Waals surface area contributed by atoms with Crippen molar-refractivity contribution in [2.45, 2.75) is 83.4 Å².